The van der Waals surface area contributed by atoms with E-state index in [1.165, 1.54) is 5.56 Å². The molecule has 0 fully saturated rings. The zero-order chi connectivity index (χ0) is 10.1. The molecule has 0 saturated carbocycles. The lowest BCUT2D eigenvalue weighted by Crippen LogP contribution is -1.86. The third-order valence-corrected chi connectivity index (χ3v) is 2.39. The van der Waals surface area contributed by atoms with Gasteiger partial charge in [0, 0.05) is 5.56 Å². The third-order valence-electron chi connectivity index (χ3n) is 2.39. The summed E-state index contributed by atoms with van der Waals surface area (Å²) in [5.41, 5.74) is 10.0. The fraction of sp³-hybridized carbons (Fsp3) is 0.182. The standard InChI is InChI=1S/C11H13N3/c1-7-3-5-9(6-4-7)10-8(2)11(12)14-13-10/h3-6H,1-2H3,(H3,12,13,14). The van der Waals surface area contributed by atoms with Crippen molar-refractivity contribution >= 4 is 5.82 Å². The summed E-state index contributed by atoms with van der Waals surface area (Å²) in [6.07, 6.45) is 0. The summed E-state index contributed by atoms with van der Waals surface area (Å²) < 4.78 is 0. The number of aromatic nitrogens is 2. The van der Waals surface area contributed by atoms with Crippen LogP contribution < -0.4 is 5.73 Å². The number of aryl methyl sites for hydroxylation is 1. The van der Waals surface area contributed by atoms with E-state index < -0.39 is 0 Å². The summed E-state index contributed by atoms with van der Waals surface area (Å²) >= 11 is 0. The van der Waals surface area contributed by atoms with Gasteiger partial charge in [0.25, 0.3) is 0 Å². The van der Waals surface area contributed by atoms with Crippen LogP contribution in [-0.2, 0) is 0 Å². The monoisotopic (exact) mass is 187 g/mol. The molecule has 1 heterocycles. The fourth-order valence-corrected chi connectivity index (χ4v) is 1.41. The first-order valence-corrected chi connectivity index (χ1v) is 4.56. The highest BCUT2D eigenvalue weighted by molar-refractivity contribution is 5.67. The van der Waals surface area contributed by atoms with E-state index in [0.29, 0.717) is 5.82 Å². The fourth-order valence-electron chi connectivity index (χ4n) is 1.41. The van der Waals surface area contributed by atoms with Gasteiger partial charge in [-0.2, -0.15) is 5.10 Å². The van der Waals surface area contributed by atoms with Crippen LogP contribution in [0.3, 0.4) is 0 Å². The molecule has 0 radical (unpaired) electrons. The van der Waals surface area contributed by atoms with Crippen LogP contribution in [0.25, 0.3) is 11.3 Å². The van der Waals surface area contributed by atoms with Crippen LogP contribution in [0.5, 0.6) is 0 Å². The lowest BCUT2D eigenvalue weighted by molar-refractivity contribution is 1.10. The summed E-state index contributed by atoms with van der Waals surface area (Å²) in [4.78, 5) is 0. The second-order valence-corrected chi connectivity index (χ2v) is 3.47. The SMILES string of the molecule is Cc1ccc(-c2[nH]nc(N)c2C)cc1. The molecule has 72 valence electrons. The van der Waals surface area contributed by atoms with Gasteiger partial charge < -0.3 is 5.73 Å². The Morgan fingerprint density at radius 1 is 1.14 bits per heavy atom. The summed E-state index contributed by atoms with van der Waals surface area (Å²) in [6, 6.07) is 8.28. The van der Waals surface area contributed by atoms with Crippen molar-refractivity contribution in [1.29, 1.82) is 0 Å². The second kappa shape index (κ2) is 3.18. The zero-order valence-corrected chi connectivity index (χ0v) is 8.33. The highest BCUT2D eigenvalue weighted by atomic mass is 15.2. The van der Waals surface area contributed by atoms with E-state index in [9.17, 15) is 0 Å². The van der Waals surface area contributed by atoms with Crippen LogP contribution in [0.4, 0.5) is 5.82 Å². The molecule has 2 aromatic rings. The van der Waals surface area contributed by atoms with E-state index in [2.05, 4.69) is 41.4 Å². The predicted octanol–water partition coefficient (Wildman–Crippen LogP) is 2.28. The largest absolute Gasteiger partial charge is 0.382 e. The highest BCUT2D eigenvalue weighted by Crippen LogP contribution is 2.24. The van der Waals surface area contributed by atoms with Gasteiger partial charge in [-0.1, -0.05) is 29.8 Å². The van der Waals surface area contributed by atoms with Crippen LogP contribution >= 0.6 is 0 Å². The first-order chi connectivity index (χ1) is 6.68. The number of benzene rings is 1. The van der Waals surface area contributed by atoms with Gasteiger partial charge in [0.1, 0.15) is 5.82 Å². The highest BCUT2D eigenvalue weighted by Gasteiger charge is 2.06. The van der Waals surface area contributed by atoms with Crippen molar-refractivity contribution in [2.45, 2.75) is 13.8 Å². The van der Waals surface area contributed by atoms with Crippen molar-refractivity contribution in [3.05, 3.63) is 35.4 Å². The minimum Gasteiger partial charge on any atom is -0.382 e. The van der Waals surface area contributed by atoms with Crippen LogP contribution in [0.1, 0.15) is 11.1 Å². The Bertz CT molecular complexity index is 440. The van der Waals surface area contributed by atoms with Gasteiger partial charge in [-0.3, -0.25) is 5.10 Å². The Balaban J connectivity index is 2.49. The van der Waals surface area contributed by atoms with E-state index >= 15 is 0 Å². The van der Waals surface area contributed by atoms with Crippen molar-refractivity contribution in [2.24, 2.45) is 0 Å². The van der Waals surface area contributed by atoms with Crippen LogP contribution in [0.2, 0.25) is 0 Å². The maximum atomic E-state index is 5.67. The van der Waals surface area contributed by atoms with E-state index in [1.54, 1.807) is 0 Å². The normalized spacial score (nSPS) is 10.4. The maximum absolute atomic E-state index is 5.67. The number of anilines is 1. The Kier molecular flexibility index (Phi) is 2.00. The molecule has 0 aliphatic carbocycles. The Hall–Kier alpha value is -1.77. The number of nitrogen functional groups attached to an aromatic ring is 1. The molecule has 0 bridgehead atoms. The Morgan fingerprint density at radius 3 is 2.29 bits per heavy atom. The summed E-state index contributed by atoms with van der Waals surface area (Å²) in [5, 5.41) is 6.90. The van der Waals surface area contributed by atoms with E-state index in [4.69, 9.17) is 5.73 Å². The molecule has 0 unspecified atom stereocenters. The molecule has 3 N–H and O–H groups in total. The van der Waals surface area contributed by atoms with Crippen molar-refractivity contribution in [1.82, 2.24) is 10.2 Å². The summed E-state index contributed by atoms with van der Waals surface area (Å²) in [7, 11) is 0. The van der Waals surface area contributed by atoms with Gasteiger partial charge in [0.05, 0.1) is 5.69 Å². The number of hydrogen-bond donors (Lipinski definition) is 2. The minimum atomic E-state index is 0.570. The smallest absolute Gasteiger partial charge is 0.148 e. The molecule has 0 aliphatic heterocycles. The average molecular weight is 187 g/mol. The van der Waals surface area contributed by atoms with Crippen LogP contribution in [0, 0.1) is 13.8 Å². The molecule has 1 aromatic carbocycles. The molecule has 0 aliphatic rings. The summed E-state index contributed by atoms with van der Waals surface area (Å²) in [5.74, 6) is 0.570. The molecule has 0 amide bonds. The molecule has 14 heavy (non-hydrogen) atoms. The van der Waals surface area contributed by atoms with E-state index in [-0.39, 0.29) is 0 Å². The van der Waals surface area contributed by atoms with Gasteiger partial charge in [0.15, 0.2) is 0 Å². The second-order valence-electron chi connectivity index (χ2n) is 3.47. The van der Waals surface area contributed by atoms with Gasteiger partial charge in [-0.25, -0.2) is 0 Å². The first kappa shape index (κ1) is 8.81. The topological polar surface area (TPSA) is 54.7 Å². The molecule has 0 saturated heterocycles. The number of nitrogens with zero attached hydrogens (tertiary/aromatic N) is 1. The Morgan fingerprint density at radius 2 is 1.79 bits per heavy atom. The molecular formula is C11H13N3. The number of hydrogen-bond acceptors (Lipinski definition) is 2. The molecular weight excluding hydrogens is 174 g/mol. The van der Waals surface area contributed by atoms with Gasteiger partial charge in [0.2, 0.25) is 0 Å². The third kappa shape index (κ3) is 1.37. The van der Waals surface area contributed by atoms with Gasteiger partial charge in [-0.05, 0) is 19.4 Å². The molecule has 2 rings (SSSR count). The molecule has 0 atom stereocenters. The van der Waals surface area contributed by atoms with Crippen molar-refractivity contribution < 1.29 is 0 Å². The van der Waals surface area contributed by atoms with E-state index in [0.717, 1.165) is 16.8 Å². The predicted molar refractivity (Wildman–Crippen MR) is 57.9 cm³/mol. The number of rotatable bonds is 1. The van der Waals surface area contributed by atoms with Crippen molar-refractivity contribution in [2.75, 3.05) is 5.73 Å². The van der Waals surface area contributed by atoms with Crippen molar-refractivity contribution in [3.8, 4) is 11.3 Å². The Labute approximate surface area is 83.0 Å². The molecule has 3 heteroatoms. The van der Waals surface area contributed by atoms with Crippen LogP contribution in [0.15, 0.2) is 24.3 Å². The lowest BCUT2D eigenvalue weighted by Gasteiger charge is -1.99. The number of nitrogens with two attached hydrogens (primary N) is 1. The number of aromatic amines is 1. The number of nitrogens with one attached hydrogen (secondary N) is 1. The van der Waals surface area contributed by atoms with Gasteiger partial charge >= 0.3 is 0 Å². The average Bonchev–Trinajstić information content (AvgIpc) is 2.50. The minimum absolute atomic E-state index is 0.570. The van der Waals surface area contributed by atoms with Crippen molar-refractivity contribution in [3.63, 3.8) is 0 Å². The number of H-pyrrole nitrogens is 1. The first-order valence-electron chi connectivity index (χ1n) is 4.56. The summed E-state index contributed by atoms with van der Waals surface area (Å²) in [6.45, 7) is 4.03. The molecule has 1 aromatic heterocycles. The van der Waals surface area contributed by atoms with Gasteiger partial charge in [-0.15, -0.1) is 0 Å². The molecule has 3 nitrogen and oxygen atoms in total. The zero-order valence-electron chi connectivity index (χ0n) is 8.33. The lowest BCUT2D eigenvalue weighted by atomic mass is 10.1. The van der Waals surface area contributed by atoms with Crippen LogP contribution in [-0.4, -0.2) is 10.2 Å². The molecule has 0 spiro atoms. The van der Waals surface area contributed by atoms with E-state index in [1.807, 2.05) is 6.92 Å². The maximum Gasteiger partial charge on any atom is 0.148 e. The quantitative estimate of drug-likeness (QED) is 0.719.